The molecule has 7 heteroatoms. The number of amides is 2. The zero-order valence-electron chi connectivity index (χ0n) is 14.0. The normalized spacial score (nSPS) is 10.0. The van der Waals surface area contributed by atoms with E-state index in [1.807, 2.05) is 0 Å². The van der Waals surface area contributed by atoms with Gasteiger partial charge in [-0.05, 0) is 48.5 Å². The Bertz CT molecular complexity index is 768. The number of nitrogens with zero attached hydrogens (tertiary/aromatic N) is 1. The van der Waals surface area contributed by atoms with Crippen LogP contribution in [0.3, 0.4) is 0 Å². The molecule has 130 valence electrons. The van der Waals surface area contributed by atoms with Crippen LogP contribution >= 0.6 is 0 Å². The lowest BCUT2D eigenvalue weighted by Gasteiger charge is -2.11. The SMILES string of the molecule is CN(C)C(=O)c1ccc(NC(=O)COC(=O)c2ccc(N)cc2)cc1. The van der Waals surface area contributed by atoms with E-state index in [0.717, 1.165) is 0 Å². The molecule has 0 fully saturated rings. The molecule has 0 aromatic heterocycles. The van der Waals surface area contributed by atoms with Crippen molar-refractivity contribution in [1.82, 2.24) is 4.90 Å². The maximum absolute atomic E-state index is 11.8. The van der Waals surface area contributed by atoms with Crippen LogP contribution in [0.2, 0.25) is 0 Å². The molecule has 0 aliphatic rings. The molecule has 0 bridgehead atoms. The van der Waals surface area contributed by atoms with Crippen LogP contribution in [0.25, 0.3) is 0 Å². The Balaban J connectivity index is 1.86. The highest BCUT2D eigenvalue weighted by Crippen LogP contribution is 2.11. The number of anilines is 2. The van der Waals surface area contributed by atoms with Crippen molar-refractivity contribution < 1.29 is 19.1 Å². The van der Waals surface area contributed by atoms with Gasteiger partial charge in [0.2, 0.25) is 0 Å². The average molecular weight is 341 g/mol. The number of hydrogen-bond acceptors (Lipinski definition) is 5. The third-order valence-corrected chi connectivity index (χ3v) is 3.30. The average Bonchev–Trinajstić information content (AvgIpc) is 2.60. The quantitative estimate of drug-likeness (QED) is 0.637. The van der Waals surface area contributed by atoms with Gasteiger partial charge in [0, 0.05) is 31.0 Å². The summed E-state index contributed by atoms with van der Waals surface area (Å²) in [5.74, 6) is -1.21. The van der Waals surface area contributed by atoms with E-state index in [1.165, 1.54) is 17.0 Å². The summed E-state index contributed by atoms with van der Waals surface area (Å²) in [4.78, 5) is 36.9. The maximum Gasteiger partial charge on any atom is 0.338 e. The first kappa shape index (κ1) is 18.0. The number of carbonyl (C=O) groups excluding carboxylic acids is 3. The Kier molecular flexibility index (Phi) is 5.73. The van der Waals surface area contributed by atoms with Gasteiger partial charge in [0.25, 0.3) is 11.8 Å². The predicted molar refractivity (Wildman–Crippen MR) is 94.2 cm³/mol. The summed E-state index contributed by atoms with van der Waals surface area (Å²) in [6.45, 7) is -0.415. The van der Waals surface area contributed by atoms with Crippen LogP contribution in [0.5, 0.6) is 0 Å². The number of rotatable bonds is 5. The zero-order chi connectivity index (χ0) is 18.4. The molecule has 0 saturated heterocycles. The minimum absolute atomic E-state index is 0.129. The van der Waals surface area contributed by atoms with Gasteiger partial charge >= 0.3 is 5.97 Å². The fourth-order valence-corrected chi connectivity index (χ4v) is 1.99. The highest BCUT2D eigenvalue weighted by atomic mass is 16.5. The van der Waals surface area contributed by atoms with Gasteiger partial charge in [0.1, 0.15) is 0 Å². The topological polar surface area (TPSA) is 102 Å². The highest BCUT2D eigenvalue weighted by Gasteiger charge is 2.11. The van der Waals surface area contributed by atoms with E-state index in [-0.39, 0.29) is 5.91 Å². The van der Waals surface area contributed by atoms with E-state index < -0.39 is 18.5 Å². The summed E-state index contributed by atoms with van der Waals surface area (Å²) in [5, 5.41) is 2.59. The first-order valence-corrected chi connectivity index (χ1v) is 7.51. The summed E-state index contributed by atoms with van der Waals surface area (Å²) in [5.41, 5.74) is 7.40. The van der Waals surface area contributed by atoms with Crippen LogP contribution in [0.4, 0.5) is 11.4 Å². The number of esters is 1. The molecular weight excluding hydrogens is 322 g/mol. The number of ether oxygens (including phenoxy) is 1. The molecule has 0 heterocycles. The molecule has 0 atom stereocenters. The number of nitrogens with two attached hydrogens (primary N) is 1. The Hall–Kier alpha value is -3.35. The molecule has 2 aromatic rings. The molecule has 2 rings (SSSR count). The van der Waals surface area contributed by atoms with Crippen LogP contribution in [0.15, 0.2) is 48.5 Å². The van der Waals surface area contributed by atoms with Crippen LogP contribution in [-0.4, -0.2) is 43.4 Å². The van der Waals surface area contributed by atoms with Gasteiger partial charge in [-0.2, -0.15) is 0 Å². The van der Waals surface area contributed by atoms with Gasteiger partial charge in [-0.25, -0.2) is 4.79 Å². The van der Waals surface area contributed by atoms with Gasteiger partial charge in [0.05, 0.1) is 5.56 Å². The molecule has 7 nitrogen and oxygen atoms in total. The van der Waals surface area contributed by atoms with E-state index in [4.69, 9.17) is 10.5 Å². The zero-order valence-corrected chi connectivity index (χ0v) is 14.0. The van der Waals surface area contributed by atoms with Crippen LogP contribution in [0.1, 0.15) is 20.7 Å². The first-order chi connectivity index (χ1) is 11.9. The molecule has 2 amide bonds. The van der Waals surface area contributed by atoms with Crippen molar-refractivity contribution in [3.63, 3.8) is 0 Å². The molecule has 0 aliphatic carbocycles. The van der Waals surface area contributed by atoms with Gasteiger partial charge in [-0.15, -0.1) is 0 Å². The van der Waals surface area contributed by atoms with E-state index in [1.54, 1.807) is 50.5 Å². The summed E-state index contributed by atoms with van der Waals surface area (Å²) >= 11 is 0. The number of carbonyl (C=O) groups is 3. The molecular formula is C18H19N3O4. The molecule has 25 heavy (non-hydrogen) atoms. The fourth-order valence-electron chi connectivity index (χ4n) is 1.99. The van der Waals surface area contributed by atoms with Crippen LogP contribution < -0.4 is 11.1 Å². The molecule has 0 saturated carbocycles. The van der Waals surface area contributed by atoms with Gasteiger partial charge in [-0.1, -0.05) is 0 Å². The Morgan fingerprint density at radius 3 is 2.08 bits per heavy atom. The lowest BCUT2D eigenvalue weighted by molar-refractivity contribution is -0.119. The van der Waals surface area contributed by atoms with Gasteiger partial charge in [0.15, 0.2) is 6.61 Å². The molecule has 2 aromatic carbocycles. The van der Waals surface area contributed by atoms with E-state index >= 15 is 0 Å². The third kappa shape index (κ3) is 5.07. The molecule has 0 spiro atoms. The second-order valence-corrected chi connectivity index (χ2v) is 5.52. The Labute approximate surface area is 145 Å². The largest absolute Gasteiger partial charge is 0.452 e. The summed E-state index contributed by atoms with van der Waals surface area (Å²) in [6.07, 6.45) is 0. The number of hydrogen-bond donors (Lipinski definition) is 2. The highest BCUT2D eigenvalue weighted by molar-refractivity contribution is 5.97. The van der Waals surface area contributed by atoms with Crippen molar-refractivity contribution >= 4 is 29.2 Å². The van der Waals surface area contributed by atoms with Crippen molar-refractivity contribution in [3.05, 3.63) is 59.7 Å². The first-order valence-electron chi connectivity index (χ1n) is 7.51. The number of nitrogens with one attached hydrogen (secondary N) is 1. The molecule has 0 radical (unpaired) electrons. The Morgan fingerprint density at radius 2 is 1.52 bits per heavy atom. The van der Waals surface area contributed by atoms with E-state index in [9.17, 15) is 14.4 Å². The monoisotopic (exact) mass is 341 g/mol. The van der Waals surface area contributed by atoms with E-state index in [0.29, 0.717) is 22.5 Å². The minimum Gasteiger partial charge on any atom is -0.452 e. The molecule has 0 unspecified atom stereocenters. The van der Waals surface area contributed by atoms with Crippen molar-refractivity contribution in [2.24, 2.45) is 0 Å². The molecule has 0 aliphatic heterocycles. The fraction of sp³-hybridized carbons (Fsp3) is 0.167. The summed E-state index contributed by atoms with van der Waals surface area (Å²) in [7, 11) is 3.32. The second kappa shape index (κ2) is 7.96. The Morgan fingerprint density at radius 1 is 0.960 bits per heavy atom. The lowest BCUT2D eigenvalue weighted by atomic mass is 10.2. The van der Waals surface area contributed by atoms with E-state index in [2.05, 4.69) is 5.32 Å². The number of nitrogen functional groups attached to an aromatic ring is 1. The smallest absolute Gasteiger partial charge is 0.338 e. The lowest BCUT2D eigenvalue weighted by Crippen LogP contribution is -2.22. The van der Waals surface area contributed by atoms with Gasteiger partial charge in [-0.3, -0.25) is 9.59 Å². The van der Waals surface area contributed by atoms with Crippen LogP contribution in [-0.2, 0) is 9.53 Å². The van der Waals surface area contributed by atoms with Crippen molar-refractivity contribution in [1.29, 1.82) is 0 Å². The standard InChI is InChI=1S/C18H19N3O4/c1-21(2)17(23)12-5-9-15(10-6-12)20-16(22)11-25-18(24)13-3-7-14(19)8-4-13/h3-10H,11,19H2,1-2H3,(H,20,22). The van der Waals surface area contributed by atoms with Crippen molar-refractivity contribution in [3.8, 4) is 0 Å². The maximum atomic E-state index is 11.8. The second-order valence-electron chi connectivity index (χ2n) is 5.52. The summed E-state index contributed by atoms with van der Waals surface area (Å²) in [6, 6.07) is 12.6. The third-order valence-electron chi connectivity index (χ3n) is 3.30. The number of benzene rings is 2. The predicted octanol–water partition coefficient (Wildman–Crippen LogP) is 1.77. The van der Waals surface area contributed by atoms with Crippen LogP contribution in [0, 0.1) is 0 Å². The minimum atomic E-state index is -0.609. The van der Waals surface area contributed by atoms with Crippen molar-refractivity contribution in [2.75, 3.05) is 31.8 Å². The molecule has 3 N–H and O–H groups in total. The van der Waals surface area contributed by atoms with Gasteiger partial charge < -0.3 is 20.7 Å². The van der Waals surface area contributed by atoms with Crippen molar-refractivity contribution in [2.45, 2.75) is 0 Å². The summed E-state index contributed by atoms with van der Waals surface area (Å²) < 4.78 is 4.94.